The molecule has 0 radical (unpaired) electrons. The van der Waals surface area contributed by atoms with Crippen LogP contribution in [-0.4, -0.2) is 43.7 Å². The summed E-state index contributed by atoms with van der Waals surface area (Å²) in [6, 6.07) is 8.93. The van der Waals surface area contributed by atoms with Gasteiger partial charge in [-0.2, -0.15) is 5.26 Å². The lowest BCUT2D eigenvalue weighted by molar-refractivity contribution is -0.117. The topological polar surface area (TPSA) is 65.4 Å². The molecule has 5 nitrogen and oxygen atoms in total. The Morgan fingerprint density at radius 3 is 2.60 bits per heavy atom. The zero-order valence-corrected chi connectivity index (χ0v) is 11.6. The van der Waals surface area contributed by atoms with Crippen LogP contribution in [-0.2, 0) is 9.53 Å². The number of rotatable bonds is 4. The van der Waals surface area contributed by atoms with E-state index in [0.29, 0.717) is 18.2 Å². The number of amides is 1. The summed E-state index contributed by atoms with van der Waals surface area (Å²) in [5.74, 6) is -0.0226. The summed E-state index contributed by atoms with van der Waals surface area (Å²) in [7, 11) is 1.73. The highest BCUT2D eigenvalue weighted by Gasteiger charge is 2.20. The predicted octanol–water partition coefficient (Wildman–Crippen LogP) is 1.61. The van der Waals surface area contributed by atoms with Crippen LogP contribution in [0.15, 0.2) is 24.3 Å². The van der Waals surface area contributed by atoms with Crippen molar-refractivity contribution in [1.82, 2.24) is 4.90 Å². The zero-order chi connectivity index (χ0) is 14.4. The van der Waals surface area contributed by atoms with Gasteiger partial charge in [-0.05, 0) is 37.1 Å². The summed E-state index contributed by atoms with van der Waals surface area (Å²) in [5.41, 5.74) is 1.31. The number of hydrogen-bond donors (Lipinski definition) is 1. The number of piperidine rings is 1. The number of ether oxygens (including phenoxy) is 1. The number of carbonyl (C=O) groups is 1. The molecule has 2 rings (SSSR count). The number of nitrogens with one attached hydrogen (secondary N) is 1. The lowest BCUT2D eigenvalue weighted by Crippen LogP contribution is -2.41. The Morgan fingerprint density at radius 2 is 2.05 bits per heavy atom. The second-order valence-corrected chi connectivity index (χ2v) is 4.95. The van der Waals surface area contributed by atoms with Gasteiger partial charge in [-0.1, -0.05) is 0 Å². The van der Waals surface area contributed by atoms with Crippen molar-refractivity contribution >= 4 is 11.6 Å². The molecule has 1 saturated heterocycles. The van der Waals surface area contributed by atoms with Gasteiger partial charge in [0.1, 0.15) is 0 Å². The molecule has 0 saturated carbocycles. The van der Waals surface area contributed by atoms with Crippen LogP contribution < -0.4 is 5.32 Å². The van der Waals surface area contributed by atoms with Gasteiger partial charge in [0.25, 0.3) is 0 Å². The average molecular weight is 273 g/mol. The summed E-state index contributed by atoms with van der Waals surface area (Å²) < 4.78 is 5.31. The summed E-state index contributed by atoms with van der Waals surface area (Å²) >= 11 is 0. The minimum Gasteiger partial charge on any atom is -0.381 e. The van der Waals surface area contributed by atoms with Gasteiger partial charge in [-0.25, -0.2) is 0 Å². The molecule has 1 N–H and O–H groups in total. The largest absolute Gasteiger partial charge is 0.381 e. The maximum absolute atomic E-state index is 11.9. The van der Waals surface area contributed by atoms with Gasteiger partial charge >= 0.3 is 0 Å². The van der Waals surface area contributed by atoms with Crippen molar-refractivity contribution in [1.29, 1.82) is 5.26 Å². The number of nitrogens with zero attached hydrogens (tertiary/aromatic N) is 2. The van der Waals surface area contributed by atoms with Crippen LogP contribution >= 0.6 is 0 Å². The van der Waals surface area contributed by atoms with Gasteiger partial charge in [-0.3, -0.25) is 9.69 Å². The average Bonchev–Trinajstić information content (AvgIpc) is 2.49. The zero-order valence-electron chi connectivity index (χ0n) is 11.6. The summed E-state index contributed by atoms with van der Waals surface area (Å²) in [4.78, 5) is 14.1. The molecule has 0 atom stereocenters. The molecule has 1 aromatic carbocycles. The maximum atomic E-state index is 11.9. The Balaban J connectivity index is 1.79. The normalized spacial score (nSPS) is 16.6. The van der Waals surface area contributed by atoms with E-state index in [9.17, 15) is 4.79 Å². The summed E-state index contributed by atoms with van der Waals surface area (Å²) in [6.07, 6.45) is 2.27. The molecule has 1 fully saturated rings. The molecule has 1 amide bonds. The van der Waals surface area contributed by atoms with Gasteiger partial charge in [-0.15, -0.1) is 0 Å². The Morgan fingerprint density at radius 1 is 1.40 bits per heavy atom. The third kappa shape index (κ3) is 4.05. The van der Waals surface area contributed by atoms with Crippen LogP contribution in [0, 0.1) is 11.3 Å². The van der Waals surface area contributed by atoms with Gasteiger partial charge < -0.3 is 10.1 Å². The molecule has 0 aromatic heterocycles. The van der Waals surface area contributed by atoms with Crippen LogP contribution in [0.25, 0.3) is 0 Å². The fourth-order valence-corrected chi connectivity index (χ4v) is 2.33. The Kier molecular flexibility index (Phi) is 5.10. The summed E-state index contributed by atoms with van der Waals surface area (Å²) in [6.45, 7) is 2.18. The van der Waals surface area contributed by atoms with E-state index in [-0.39, 0.29) is 5.91 Å². The lowest BCUT2D eigenvalue weighted by Gasteiger charge is -2.30. The second-order valence-electron chi connectivity index (χ2n) is 4.95. The number of benzene rings is 1. The van der Waals surface area contributed by atoms with Crippen molar-refractivity contribution in [2.45, 2.75) is 18.9 Å². The molecule has 1 aliphatic rings. The fraction of sp³-hybridized carbons (Fsp3) is 0.467. The standard InChI is InChI=1S/C15H19N3O2/c1-20-14-6-8-18(9-7-14)11-15(19)17-13-4-2-12(10-16)3-5-13/h2-5,14H,6-9,11H2,1H3,(H,17,19). The first-order valence-electron chi connectivity index (χ1n) is 6.76. The number of nitriles is 1. The number of methoxy groups -OCH3 is 1. The molecular weight excluding hydrogens is 254 g/mol. The van der Waals surface area contributed by atoms with Crippen LogP contribution in [0.5, 0.6) is 0 Å². The van der Waals surface area contributed by atoms with E-state index in [1.165, 1.54) is 0 Å². The van der Waals surface area contributed by atoms with Crippen molar-refractivity contribution in [3.63, 3.8) is 0 Å². The van der Waals surface area contributed by atoms with E-state index in [4.69, 9.17) is 10.00 Å². The highest BCUT2D eigenvalue weighted by molar-refractivity contribution is 5.92. The maximum Gasteiger partial charge on any atom is 0.238 e. The van der Waals surface area contributed by atoms with Crippen molar-refractivity contribution in [3.05, 3.63) is 29.8 Å². The van der Waals surface area contributed by atoms with Crippen LogP contribution in [0.2, 0.25) is 0 Å². The quantitative estimate of drug-likeness (QED) is 0.905. The van der Waals surface area contributed by atoms with E-state index < -0.39 is 0 Å². The van der Waals surface area contributed by atoms with Crippen LogP contribution in [0.3, 0.4) is 0 Å². The number of anilines is 1. The first kappa shape index (κ1) is 14.5. The van der Waals surface area contributed by atoms with E-state index in [1.807, 2.05) is 0 Å². The monoisotopic (exact) mass is 273 g/mol. The van der Waals surface area contributed by atoms with Crippen molar-refractivity contribution in [2.75, 3.05) is 32.1 Å². The molecule has 1 heterocycles. The van der Waals surface area contributed by atoms with Crippen LogP contribution in [0.4, 0.5) is 5.69 Å². The second kappa shape index (κ2) is 7.04. The molecule has 0 unspecified atom stereocenters. The lowest BCUT2D eigenvalue weighted by atomic mass is 10.1. The molecule has 0 aliphatic carbocycles. The number of likely N-dealkylation sites (tertiary alicyclic amines) is 1. The van der Waals surface area contributed by atoms with Gasteiger partial charge in [0.2, 0.25) is 5.91 Å². The molecule has 20 heavy (non-hydrogen) atoms. The van der Waals surface area contributed by atoms with E-state index >= 15 is 0 Å². The smallest absolute Gasteiger partial charge is 0.238 e. The number of hydrogen-bond acceptors (Lipinski definition) is 4. The highest BCUT2D eigenvalue weighted by atomic mass is 16.5. The predicted molar refractivity (Wildman–Crippen MR) is 76.3 cm³/mol. The SMILES string of the molecule is COC1CCN(CC(=O)Nc2ccc(C#N)cc2)CC1. The molecule has 1 aliphatic heterocycles. The fourth-order valence-electron chi connectivity index (χ4n) is 2.33. The molecular formula is C15H19N3O2. The Bertz CT molecular complexity index is 485. The first-order chi connectivity index (χ1) is 9.71. The third-order valence-corrected chi connectivity index (χ3v) is 3.53. The number of carbonyl (C=O) groups excluding carboxylic acids is 1. The van der Waals surface area contributed by atoms with E-state index in [1.54, 1.807) is 31.4 Å². The minimum absolute atomic E-state index is 0.0226. The van der Waals surface area contributed by atoms with Crippen LogP contribution in [0.1, 0.15) is 18.4 Å². The molecule has 0 bridgehead atoms. The van der Waals surface area contributed by atoms with Crippen molar-refractivity contribution in [3.8, 4) is 6.07 Å². The van der Waals surface area contributed by atoms with E-state index in [2.05, 4.69) is 16.3 Å². The molecule has 0 spiro atoms. The third-order valence-electron chi connectivity index (χ3n) is 3.53. The van der Waals surface area contributed by atoms with Gasteiger partial charge in [0.05, 0.1) is 24.3 Å². The minimum atomic E-state index is -0.0226. The molecule has 5 heteroatoms. The van der Waals surface area contributed by atoms with E-state index in [0.717, 1.165) is 31.6 Å². The van der Waals surface area contributed by atoms with Crippen molar-refractivity contribution in [2.24, 2.45) is 0 Å². The molecule has 106 valence electrons. The highest BCUT2D eigenvalue weighted by Crippen LogP contribution is 2.13. The first-order valence-corrected chi connectivity index (χ1v) is 6.76. The Labute approximate surface area is 119 Å². The van der Waals surface area contributed by atoms with Gasteiger partial charge in [0.15, 0.2) is 0 Å². The molecule has 1 aromatic rings. The Hall–Kier alpha value is -1.90. The summed E-state index contributed by atoms with van der Waals surface area (Å²) in [5, 5.41) is 11.6. The van der Waals surface area contributed by atoms with Crippen molar-refractivity contribution < 1.29 is 9.53 Å². The van der Waals surface area contributed by atoms with Gasteiger partial charge in [0, 0.05) is 25.9 Å².